The van der Waals surface area contributed by atoms with Crippen molar-refractivity contribution in [2.75, 3.05) is 0 Å². The Bertz CT molecular complexity index is 2690. The number of rotatable bonds is 11. The fourth-order valence-corrected chi connectivity index (χ4v) is 14.1. The molecule has 1 aliphatic rings. The first-order valence-corrected chi connectivity index (χ1v) is 22.0. The Morgan fingerprint density at radius 3 is 1.88 bits per heavy atom. The fourth-order valence-electron chi connectivity index (χ4n) is 9.02. The van der Waals surface area contributed by atoms with Crippen molar-refractivity contribution >= 4 is 45.4 Å². The van der Waals surface area contributed by atoms with Gasteiger partial charge in [0.25, 0.3) is 0 Å². The molecule has 0 bridgehead atoms. The zero-order chi connectivity index (χ0) is 38.8. The first kappa shape index (κ1) is 36.5. The van der Waals surface area contributed by atoms with Gasteiger partial charge in [0.05, 0.1) is 23.2 Å². The van der Waals surface area contributed by atoms with Crippen LogP contribution < -0.4 is 32.3 Å². The van der Waals surface area contributed by atoms with Crippen molar-refractivity contribution in [2.24, 2.45) is 17.4 Å². The van der Waals surface area contributed by atoms with E-state index in [-0.39, 0.29) is 12.1 Å². The lowest BCUT2D eigenvalue weighted by molar-refractivity contribution is 0.398. The van der Waals surface area contributed by atoms with Crippen LogP contribution in [0.25, 0.3) is 27.5 Å². The summed E-state index contributed by atoms with van der Waals surface area (Å²) in [5, 5.41) is 11.7. The van der Waals surface area contributed by atoms with Crippen molar-refractivity contribution < 1.29 is 0 Å². The van der Waals surface area contributed by atoms with Crippen molar-refractivity contribution in [2.45, 2.75) is 31.6 Å². The molecule has 1 aliphatic carbocycles. The van der Waals surface area contributed by atoms with E-state index in [1.165, 1.54) is 42.6 Å². The van der Waals surface area contributed by atoms with E-state index in [1.54, 1.807) is 0 Å². The monoisotopic (exact) mass is 756 g/mol. The molecule has 5 heteroatoms. The van der Waals surface area contributed by atoms with E-state index < -0.39 is 14.2 Å². The highest BCUT2D eigenvalue weighted by Crippen LogP contribution is 2.35. The van der Waals surface area contributed by atoms with Gasteiger partial charge in [0.15, 0.2) is 8.07 Å². The zero-order valence-corrected chi connectivity index (χ0v) is 33.2. The molecule has 0 fully saturated rings. The van der Waals surface area contributed by atoms with Crippen LogP contribution in [0.4, 0.5) is 0 Å². The van der Waals surface area contributed by atoms with Crippen molar-refractivity contribution in [1.29, 1.82) is 0 Å². The largest absolute Gasteiger partial charge is 0.322 e. The second kappa shape index (κ2) is 15.8. The van der Waals surface area contributed by atoms with Gasteiger partial charge in [-0.15, -0.1) is 0 Å². The summed E-state index contributed by atoms with van der Waals surface area (Å²) in [7, 11) is -3.05. The Morgan fingerprint density at radius 1 is 0.596 bits per heavy atom. The minimum atomic E-state index is -3.05. The molecular formula is C52H48N4Si. The van der Waals surface area contributed by atoms with E-state index in [9.17, 15) is 0 Å². The Kier molecular flexibility index (Phi) is 10.1. The highest BCUT2D eigenvalue weighted by atomic mass is 28.3. The van der Waals surface area contributed by atoms with Crippen LogP contribution in [-0.2, 0) is 0 Å². The molecule has 8 aromatic rings. The lowest BCUT2D eigenvalue weighted by Crippen LogP contribution is -2.69. The summed E-state index contributed by atoms with van der Waals surface area (Å²) >= 11 is 0. The summed E-state index contributed by atoms with van der Waals surface area (Å²) in [5.41, 5.74) is 21.1. The predicted molar refractivity (Wildman–Crippen MR) is 242 cm³/mol. The lowest BCUT2D eigenvalue weighted by atomic mass is 9.93. The number of hydrogen-bond donors (Lipinski definition) is 3. The number of aromatic nitrogens is 1. The highest BCUT2D eigenvalue weighted by Gasteiger charge is 2.45. The average molecular weight is 757 g/mol. The lowest BCUT2D eigenvalue weighted by Gasteiger charge is -2.38. The van der Waals surface area contributed by atoms with Crippen molar-refractivity contribution in [3.05, 3.63) is 228 Å². The van der Waals surface area contributed by atoms with Crippen molar-refractivity contribution in [3.8, 4) is 5.69 Å². The molecule has 57 heavy (non-hydrogen) atoms. The van der Waals surface area contributed by atoms with Gasteiger partial charge in [-0.25, -0.2) is 0 Å². The molecule has 7 aromatic carbocycles. The molecule has 4 nitrogen and oxygen atoms in total. The number of nitrogens with two attached hydrogens (primary N) is 2. The fraction of sp³-hybridized carbons (Fsp3) is 0.115. The minimum Gasteiger partial charge on any atom is -0.322 e. The number of fused-ring (bicyclic) bond motifs is 3. The topological polar surface area (TPSA) is 69.0 Å². The zero-order valence-electron chi connectivity index (χ0n) is 32.2. The third kappa shape index (κ3) is 6.69. The van der Waals surface area contributed by atoms with E-state index in [1.807, 2.05) is 24.3 Å². The number of para-hydroxylation sites is 3. The molecule has 0 radical (unpaired) electrons. The molecule has 9 rings (SSSR count). The molecule has 0 spiro atoms. The van der Waals surface area contributed by atoms with Gasteiger partial charge in [-0.05, 0) is 68.0 Å². The van der Waals surface area contributed by atoms with Gasteiger partial charge in [0.2, 0.25) is 0 Å². The van der Waals surface area contributed by atoms with Gasteiger partial charge in [0, 0.05) is 22.5 Å². The number of nitrogens with one attached hydrogen (secondary N) is 1. The maximum absolute atomic E-state index is 7.29. The third-order valence-corrected chi connectivity index (χ3v) is 16.6. The number of nitrogens with zero attached hydrogens (tertiary/aromatic N) is 1. The van der Waals surface area contributed by atoms with Crippen LogP contribution in [-0.4, -0.2) is 12.6 Å². The van der Waals surface area contributed by atoms with E-state index in [2.05, 4.69) is 199 Å². The molecule has 0 saturated heterocycles. The summed E-state index contributed by atoms with van der Waals surface area (Å²) in [6, 6.07) is 67.2. The van der Waals surface area contributed by atoms with Gasteiger partial charge in [-0.2, -0.15) is 0 Å². The standard InChI is InChI=1S/C52H48N4Si/c1-37-32-34-43(35-33-37)57(42-25-12-5-13-26-42,48-31-17-29-46-45-28-14-15-30-47(45)56(51(46)48)41-23-10-4-11-24-41)44-27-16-22-40(36-44)52(54)55-50(39-20-8-3-9-21-39)49(53)38-18-6-2-7-19-38/h2-32,34-37,49-50,52,55H,33,53-54H2,1H3/t37-,49+,50?,52?,57?/m0/s1. The maximum atomic E-state index is 7.29. The molecule has 280 valence electrons. The van der Waals surface area contributed by atoms with Crippen LogP contribution >= 0.6 is 0 Å². The summed E-state index contributed by atoms with van der Waals surface area (Å²) in [6.45, 7) is 2.30. The highest BCUT2D eigenvalue weighted by molar-refractivity contribution is 7.17. The third-order valence-electron chi connectivity index (χ3n) is 11.8. The van der Waals surface area contributed by atoms with Crippen LogP contribution in [0.5, 0.6) is 0 Å². The first-order valence-electron chi connectivity index (χ1n) is 20.0. The Balaban J connectivity index is 1.28. The second-order valence-corrected chi connectivity index (χ2v) is 19.1. The number of benzene rings is 7. The molecule has 0 amide bonds. The summed E-state index contributed by atoms with van der Waals surface area (Å²) in [6.07, 6.45) is 7.85. The van der Waals surface area contributed by atoms with E-state index in [0.29, 0.717) is 5.92 Å². The van der Waals surface area contributed by atoms with Crippen molar-refractivity contribution in [3.63, 3.8) is 0 Å². The first-order chi connectivity index (χ1) is 28.0. The Hall–Kier alpha value is -6.08. The molecule has 1 aromatic heterocycles. The van der Waals surface area contributed by atoms with Gasteiger partial charge in [-0.1, -0.05) is 195 Å². The van der Waals surface area contributed by atoms with Crippen molar-refractivity contribution in [1.82, 2.24) is 9.88 Å². The smallest absolute Gasteiger partial charge is 0.181 e. The summed E-state index contributed by atoms with van der Waals surface area (Å²) < 4.78 is 2.49. The molecule has 3 unspecified atom stereocenters. The maximum Gasteiger partial charge on any atom is 0.181 e. The van der Waals surface area contributed by atoms with Crippen LogP contribution in [0.15, 0.2) is 211 Å². The minimum absolute atomic E-state index is 0.218. The summed E-state index contributed by atoms with van der Waals surface area (Å²) in [5.74, 6) is 0.468. The quantitative estimate of drug-likeness (QED) is 0.0701. The van der Waals surface area contributed by atoms with E-state index in [0.717, 1.165) is 28.8 Å². The number of hydrogen-bond acceptors (Lipinski definition) is 3. The second-order valence-electron chi connectivity index (χ2n) is 15.3. The van der Waals surface area contributed by atoms with Gasteiger partial charge in [-0.3, -0.25) is 5.32 Å². The van der Waals surface area contributed by atoms with E-state index in [4.69, 9.17) is 11.5 Å². The SMILES string of the molecule is C[C@H]1C=CC([Si](c2ccccc2)(c2cccc(C(N)NC(c3ccccc3)[C@H](N)c3ccccc3)c2)c2cccc3c4ccccc4n(-c4ccccc4)c23)=CC1. The molecule has 0 aliphatic heterocycles. The van der Waals surface area contributed by atoms with E-state index >= 15 is 0 Å². The molecular weight excluding hydrogens is 709 g/mol. The van der Waals surface area contributed by atoms with Crippen LogP contribution in [0.1, 0.15) is 48.3 Å². The average Bonchev–Trinajstić information content (AvgIpc) is 3.62. The van der Waals surface area contributed by atoms with Gasteiger partial charge < -0.3 is 16.0 Å². The normalized spacial score (nSPS) is 16.8. The number of allylic oxidation sites excluding steroid dienone is 4. The van der Waals surface area contributed by atoms with Gasteiger partial charge >= 0.3 is 0 Å². The summed E-state index contributed by atoms with van der Waals surface area (Å²) in [4.78, 5) is 0. The van der Waals surface area contributed by atoms with Crippen LogP contribution in [0.2, 0.25) is 0 Å². The predicted octanol–water partition coefficient (Wildman–Crippen LogP) is 9.30. The van der Waals surface area contributed by atoms with Crippen LogP contribution in [0.3, 0.4) is 0 Å². The molecule has 5 atom stereocenters. The molecule has 1 heterocycles. The molecule has 0 saturated carbocycles. The Morgan fingerprint density at radius 2 is 1.18 bits per heavy atom. The van der Waals surface area contributed by atoms with Crippen LogP contribution in [0, 0.1) is 5.92 Å². The Labute approximate surface area is 336 Å². The molecule has 5 N–H and O–H groups in total. The van der Waals surface area contributed by atoms with Gasteiger partial charge in [0.1, 0.15) is 0 Å².